The second kappa shape index (κ2) is 20.0. The lowest BCUT2D eigenvalue weighted by atomic mass is 9.73. The van der Waals surface area contributed by atoms with Gasteiger partial charge in [0, 0.05) is 0 Å². The molecule has 4 heteroatoms. The lowest BCUT2D eigenvalue weighted by Crippen LogP contribution is -2.39. The van der Waals surface area contributed by atoms with Crippen LogP contribution in [0.5, 0.6) is 0 Å². The number of carbonyl (C=O) groups is 2. The van der Waals surface area contributed by atoms with Crippen molar-refractivity contribution in [2.24, 2.45) is 29.6 Å². The van der Waals surface area contributed by atoms with Crippen molar-refractivity contribution in [3.05, 3.63) is 0 Å². The van der Waals surface area contributed by atoms with Crippen LogP contribution in [0.15, 0.2) is 0 Å². The highest BCUT2D eigenvalue weighted by Gasteiger charge is 2.41. The maximum Gasteiger partial charge on any atom is 0.310 e. The smallest absolute Gasteiger partial charge is 0.310 e. The van der Waals surface area contributed by atoms with Gasteiger partial charge in [0.05, 0.1) is 25.0 Å². The summed E-state index contributed by atoms with van der Waals surface area (Å²) in [5, 5.41) is 0. The molecule has 0 aromatic carbocycles. The second-order valence-electron chi connectivity index (χ2n) is 12.0. The van der Waals surface area contributed by atoms with Gasteiger partial charge in [-0.25, -0.2) is 0 Å². The van der Waals surface area contributed by atoms with E-state index in [1.54, 1.807) is 0 Å². The molecular weight excluding hydrogens is 436 g/mol. The van der Waals surface area contributed by atoms with Crippen LogP contribution in [0.25, 0.3) is 0 Å². The molecule has 0 spiro atoms. The fourth-order valence-electron chi connectivity index (χ4n) is 5.35. The molecular formula is C31H58O4. The van der Waals surface area contributed by atoms with Crippen LogP contribution in [0.4, 0.5) is 0 Å². The lowest BCUT2D eigenvalue weighted by molar-refractivity contribution is -0.165. The molecule has 206 valence electrons. The third-order valence-corrected chi connectivity index (χ3v) is 7.64. The van der Waals surface area contributed by atoms with E-state index in [4.69, 9.17) is 9.47 Å². The van der Waals surface area contributed by atoms with Crippen molar-refractivity contribution < 1.29 is 19.1 Å². The molecule has 0 bridgehead atoms. The molecule has 4 nitrogen and oxygen atoms in total. The van der Waals surface area contributed by atoms with Crippen LogP contribution < -0.4 is 0 Å². The minimum absolute atomic E-state index is 0.181. The van der Waals surface area contributed by atoms with Crippen LogP contribution in [0.2, 0.25) is 0 Å². The zero-order valence-electron chi connectivity index (χ0n) is 24.0. The Hall–Kier alpha value is -1.06. The number of hydrogen-bond donors (Lipinski definition) is 0. The Balaban J connectivity index is 2.22. The van der Waals surface area contributed by atoms with E-state index in [9.17, 15) is 9.59 Å². The van der Waals surface area contributed by atoms with Gasteiger partial charge in [0.25, 0.3) is 0 Å². The van der Waals surface area contributed by atoms with E-state index in [-0.39, 0.29) is 29.7 Å². The molecule has 0 radical (unpaired) electrons. The van der Waals surface area contributed by atoms with Gasteiger partial charge in [0.1, 0.15) is 0 Å². The molecule has 1 aliphatic carbocycles. The van der Waals surface area contributed by atoms with Gasteiger partial charge in [-0.3, -0.25) is 9.59 Å². The first-order valence-corrected chi connectivity index (χ1v) is 15.2. The average molecular weight is 495 g/mol. The van der Waals surface area contributed by atoms with Crippen molar-refractivity contribution in [1.29, 1.82) is 0 Å². The molecule has 0 aromatic rings. The Labute approximate surface area is 217 Å². The fraction of sp³-hybridized carbons (Fsp3) is 0.935. The number of unbranched alkanes of at least 4 members (excludes halogenated alkanes) is 10. The molecule has 0 aliphatic heterocycles. The van der Waals surface area contributed by atoms with Crippen LogP contribution in [0.3, 0.4) is 0 Å². The van der Waals surface area contributed by atoms with Crippen LogP contribution in [-0.4, -0.2) is 25.2 Å². The van der Waals surface area contributed by atoms with Crippen LogP contribution >= 0.6 is 0 Å². The lowest BCUT2D eigenvalue weighted by Gasteiger charge is -2.33. The molecule has 3 atom stereocenters. The van der Waals surface area contributed by atoms with Crippen molar-refractivity contribution in [3.63, 3.8) is 0 Å². The van der Waals surface area contributed by atoms with Crippen molar-refractivity contribution in [3.8, 4) is 0 Å². The summed E-state index contributed by atoms with van der Waals surface area (Å²) >= 11 is 0. The Kier molecular flexibility index (Phi) is 18.3. The van der Waals surface area contributed by atoms with Gasteiger partial charge >= 0.3 is 11.9 Å². The highest BCUT2D eigenvalue weighted by Crippen LogP contribution is 2.36. The molecule has 1 fully saturated rings. The van der Waals surface area contributed by atoms with Crippen LogP contribution in [0, 0.1) is 29.6 Å². The third kappa shape index (κ3) is 15.6. The summed E-state index contributed by atoms with van der Waals surface area (Å²) in [6, 6.07) is 0. The minimum Gasteiger partial charge on any atom is -0.465 e. The first-order valence-electron chi connectivity index (χ1n) is 15.2. The molecule has 35 heavy (non-hydrogen) atoms. The molecule has 0 saturated heterocycles. The van der Waals surface area contributed by atoms with E-state index in [1.165, 1.54) is 64.2 Å². The molecule has 3 unspecified atom stereocenters. The fourth-order valence-corrected chi connectivity index (χ4v) is 5.35. The van der Waals surface area contributed by atoms with E-state index in [0.717, 1.165) is 56.8 Å². The highest BCUT2D eigenvalue weighted by atomic mass is 16.5. The molecule has 1 saturated carbocycles. The Morgan fingerprint density at radius 1 is 0.629 bits per heavy atom. The van der Waals surface area contributed by atoms with E-state index >= 15 is 0 Å². The normalized spacial score (nSPS) is 20.4. The van der Waals surface area contributed by atoms with Crippen LogP contribution in [0.1, 0.15) is 144 Å². The van der Waals surface area contributed by atoms with Gasteiger partial charge in [-0.05, 0) is 43.4 Å². The SMILES string of the molecule is CC(C)CCCCCCCCOC(=O)C1CCCC(C)C1C(=O)OCCCCCCCCC(C)C. The van der Waals surface area contributed by atoms with E-state index in [0.29, 0.717) is 13.2 Å². The van der Waals surface area contributed by atoms with Crippen molar-refractivity contribution in [2.45, 2.75) is 144 Å². The summed E-state index contributed by atoms with van der Waals surface area (Å²) in [7, 11) is 0. The Bertz CT molecular complexity index is 542. The summed E-state index contributed by atoms with van der Waals surface area (Å²) in [6.07, 6.45) is 19.6. The molecule has 0 heterocycles. The number of ether oxygens (including phenoxy) is 2. The van der Waals surface area contributed by atoms with Crippen molar-refractivity contribution in [1.82, 2.24) is 0 Å². The molecule has 0 aromatic heterocycles. The topological polar surface area (TPSA) is 52.6 Å². The molecule has 0 N–H and O–H groups in total. The molecule has 1 rings (SSSR count). The predicted molar refractivity (Wildman–Crippen MR) is 146 cm³/mol. The average Bonchev–Trinajstić information content (AvgIpc) is 2.81. The summed E-state index contributed by atoms with van der Waals surface area (Å²) in [5.74, 6) is 0.741. The highest BCUT2D eigenvalue weighted by molar-refractivity contribution is 5.82. The number of carbonyl (C=O) groups excluding carboxylic acids is 2. The maximum absolute atomic E-state index is 12.9. The largest absolute Gasteiger partial charge is 0.465 e. The van der Waals surface area contributed by atoms with Gasteiger partial charge in [0.15, 0.2) is 0 Å². The summed E-state index contributed by atoms with van der Waals surface area (Å²) in [5.41, 5.74) is 0. The Morgan fingerprint density at radius 2 is 1.06 bits per heavy atom. The van der Waals surface area contributed by atoms with Gasteiger partial charge in [-0.2, -0.15) is 0 Å². The van der Waals surface area contributed by atoms with Crippen molar-refractivity contribution in [2.75, 3.05) is 13.2 Å². The van der Waals surface area contributed by atoms with Gasteiger partial charge < -0.3 is 9.47 Å². The summed E-state index contributed by atoms with van der Waals surface area (Å²) in [6.45, 7) is 12.2. The van der Waals surface area contributed by atoms with E-state index in [2.05, 4.69) is 34.6 Å². The third-order valence-electron chi connectivity index (χ3n) is 7.64. The zero-order chi connectivity index (χ0) is 25.9. The first kappa shape index (κ1) is 32.0. The summed E-state index contributed by atoms with van der Waals surface area (Å²) < 4.78 is 11.3. The molecule has 1 aliphatic rings. The van der Waals surface area contributed by atoms with Crippen molar-refractivity contribution >= 4 is 11.9 Å². The second-order valence-corrected chi connectivity index (χ2v) is 12.0. The van der Waals surface area contributed by atoms with Crippen LogP contribution in [-0.2, 0) is 19.1 Å². The van der Waals surface area contributed by atoms with E-state index < -0.39 is 0 Å². The van der Waals surface area contributed by atoms with Gasteiger partial charge in [-0.15, -0.1) is 0 Å². The van der Waals surface area contributed by atoms with Gasteiger partial charge in [0.2, 0.25) is 0 Å². The Morgan fingerprint density at radius 3 is 1.54 bits per heavy atom. The standard InChI is InChI=1S/C31H58O4/c1-25(2)19-14-10-6-8-12-16-23-34-30(32)28-22-18-21-27(5)29(28)31(33)35-24-17-13-9-7-11-15-20-26(3)4/h25-29H,6-24H2,1-5H3. The minimum atomic E-state index is -0.340. The monoisotopic (exact) mass is 494 g/mol. The van der Waals surface area contributed by atoms with Gasteiger partial charge in [-0.1, -0.05) is 118 Å². The first-order chi connectivity index (χ1) is 16.8. The maximum atomic E-state index is 12.9. The predicted octanol–water partition coefficient (Wildman–Crippen LogP) is 8.90. The number of esters is 2. The van der Waals surface area contributed by atoms with E-state index in [1.807, 2.05) is 0 Å². The summed E-state index contributed by atoms with van der Waals surface area (Å²) in [4.78, 5) is 25.7. The number of rotatable bonds is 20. The zero-order valence-corrected chi connectivity index (χ0v) is 24.0. The number of hydrogen-bond acceptors (Lipinski definition) is 4. The quantitative estimate of drug-likeness (QED) is 0.125. The molecule has 0 amide bonds.